The molecule has 0 aliphatic heterocycles. The molecule has 1 aromatic carbocycles. The molecular formula is C13H16O2. The lowest BCUT2D eigenvalue weighted by Crippen LogP contribution is -2.17. The molecule has 0 aliphatic rings. The fourth-order valence-corrected chi connectivity index (χ4v) is 1.47. The topological polar surface area (TPSA) is 26.3 Å². The molecule has 1 aromatic rings. The van der Waals surface area contributed by atoms with Gasteiger partial charge in [0, 0.05) is 0 Å². The van der Waals surface area contributed by atoms with Crippen molar-refractivity contribution in [1.29, 1.82) is 0 Å². The van der Waals surface area contributed by atoms with Crippen LogP contribution in [0.2, 0.25) is 0 Å². The second-order valence-electron chi connectivity index (χ2n) is 3.40. The summed E-state index contributed by atoms with van der Waals surface area (Å²) in [6, 6.07) is 9.95. The molecule has 0 aromatic heterocycles. The lowest BCUT2D eigenvalue weighted by Gasteiger charge is -2.11. The van der Waals surface area contributed by atoms with Gasteiger partial charge in [-0.2, -0.15) is 0 Å². The van der Waals surface area contributed by atoms with E-state index in [1.807, 2.05) is 37.3 Å². The Labute approximate surface area is 90.6 Å². The molecular weight excluding hydrogens is 188 g/mol. The van der Waals surface area contributed by atoms with Crippen molar-refractivity contribution in [2.45, 2.75) is 19.8 Å². The molecule has 0 saturated heterocycles. The Balaban J connectivity index is 2.61. The Morgan fingerprint density at radius 3 is 2.67 bits per heavy atom. The Hall–Kier alpha value is -1.57. The second-order valence-corrected chi connectivity index (χ2v) is 3.40. The Morgan fingerprint density at radius 2 is 2.13 bits per heavy atom. The SMILES string of the molecule is C=COC(=O)C(CC)Cc1ccccc1. The second kappa shape index (κ2) is 6.02. The van der Waals surface area contributed by atoms with Crippen LogP contribution in [0.5, 0.6) is 0 Å². The van der Waals surface area contributed by atoms with Crippen LogP contribution in [-0.2, 0) is 16.0 Å². The van der Waals surface area contributed by atoms with Gasteiger partial charge in [-0.1, -0.05) is 43.8 Å². The van der Waals surface area contributed by atoms with Gasteiger partial charge in [0.25, 0.3) is 0 Å². The van der Waals surface area contributed by atoms with Gasteiger partial charge in [0.05, 0.1) is 12.2 Å². The summed E-state index contributed by atoms with van der Waals surface area (Å²) >= 11 is 0. The molecule has 1 rings (SSSR count). The molecule has 80 valence electrons. The van der Waals surface area contributed by atoms with Gasteiger partial charge in [-0.25, -0.2) is 0 Å². The van der Waals surface area contributed by atoms with E-state index in [0.29, 0.717) is 0 Å². The molecule has 0 amide bonds. The minimum Gasteiger partial charge on any atom is -0.435 e. The van der Waals surface area contributed by atoms with E-state index in [1.165, 1.54) is 6.26 Å². The van der Waals surface area contributed by atoms with Crippen molar-refractivity contribution >= 4 is 5.97 Å². The molecule has 0 aliphatic carbocycles. The van der Waals surface area contributed by atoms with Crippen molar-refractivity contribution in [3.8, 4) is 0 Å². The van der Waals surface area contributed by atoms with Crippen LogP contribution in [0, 0.1) is 5.92 Å². The van der Waals surface area contributed by atoms with E-state index in [4.69, 9.17) is 4.74 Å². The van der Waals surface area contributed by atoms with Crippen molar-refractivity contribution < 1.29 is 9.53 Å². The lowest BCUT2D eigenvalue weighted by molar-refractivity contribution is -0.142. The summed E-state index contributed by atoms with van der Waals surface area (Å²) in [7, 11) is 0. The zero-order valence-corrected chi connectivity index (χ0v) is 8.98. The van der Waals surface area contributed by atoms with Gasteiger partial charge < -0.3 is 4.74 Å². The highest BCUT2D eigenvalue weighted by Crippen LogP contribution is 2.13. The summed E-state index contributed by atoms with van der Waals surface area (Å²) < 4.78 is 4.79. The summed E-state index contributed by atoms with van der Waals surface area (Å²) in [4.78, 5) is 11.5. The van der Waals surface area contributed by atoms with Crippen molar-refractivity contribution in [2.24, 2.45) is 5.92 Å². The first-order valence-corrected chi connectivity index (χ1v) is 5.13. The van der Waals surface area contributed by atoms with Gasteiger partial charge in [-0.3, -0.25) is 4.79 Å². The van der Waals surface area contributed by atoms with Crippen LogP contribution in [0.4, 0.5) is 0 Å². The average Bonchev–Trinajstić information content (AvgIpc) is 2.27. The van der Waals surface area contributed by atoms with Crippen LogP contribution in [0.1, 0.15) is 18.9 Å². The molecule has 0 saturated carbocycles. The maximum absolute atomic E-state index is 11.5. The fourth-order valence-electron chi connectivity index (χ4n) is 1.47. The summed E-state index contributed by atoms with van der Waals surface area (Å²) in [6.07, 6.45) is 2.70. The normalized spacial score (nSPS) is 11.8. The Kier molecular flexibility index (Phi) is 4.61. The van der Waals surface area contributed by atoms with Crippen LogP contribution in [-0.4, -0.2) is 5.97 Å². The highest BCUT2D eigenvalue weighted by Gasteiger charge is 2.17. The third-order valence-corrected chi connectivity index (χ3v) is 2.35. The smallest absolute Gasteiger partial charge is 0.314 e. The zero-order chi connectivity index (χ0) is 11.1. The predicted octanol–water partition coefficient (Wildman–Crippen LogP) is 2.94. The van der Waals surface area contributed by atoms with Crippen LogP contribution in [0.15, 0.2) is 43.2 Å². The van der Waals surface area contributed by atoms with Crippen molar-refractivity contribution in [3.63, 3.8) is 0 Å². The molecule has 15 heavy (non-hydrogen) atoms. The van der Waals surface area contributed by atoms with E-state index >= 15 is 0 Å². The van der Waals surface area contributed by atoms with E-state index in [-0.39, 0.29) is 11.9 Å². The Morgan fingerprint density at radius 1 is 1.47 bits per heavy atom. The maximum atomic E-state index is 11.5. The van der Waals surface area contributed by atoms with Crippen LogP contribution in [0.25, 0.3) is 0 Å². The standard InChI is InChI=1S/C13H16O2/c1-3-12(13(14)15-4-2)10-11-8-6-5-7-9-11/h4-9,12H,2-3,10H2,1H3. The first kappa shape index (κ1) is 11.5. The molecule has 2 nitrogen and oxygen atoms in total. The summed E-state index contributed by atoms with van der Waals surface area (Å²) in [6.45, 7) is 5.37. The van der Waals surface area contributed by atoms with Gasteiger partial charge in [-0.15, -0.1) is 0 Å². The van der Waals surface area contributed by atoms with Crippen molar-refractivity contribution in [1.82, 2.24) is 0 Å². The number of benzene rings is 1. The van der Waals surface area contributed by atoms with Crippen molar-refractivity contribution in [2.75, 3.05) is 0 Å². The molecule has 1 unspecified atom stereocenters. The highest BCUT2D eigenvalue weighted by molar-refractivity contribution is 5.73. The van der Waals surface area contributed by atoms with Crippen LogP contribution < -0.4 is 0 Å². The molecule has 2 heteroatoms. The summed E-state index contributed by atoms with van der Waals surface area (Å²) in [5.41, 5.74) is 1.16. The van der Waals surface area contributed by atoms with E-state index in [9.17, 15) is 4.79 Å². The van der Waals surface area contributed by atoms with Gasteiger partial charge in [0.2, 0.25) is 0 Å². The minimum atomic E-state index is -0.198. The lowest BCUT2D eigenvalue weighted by atomic mass is 9.97. The number of hydrogen-bond donors (Lipinski definition) is 0. The molecule has 1 atom stereocenters. The van der Waals surface area contributed by atoms with Gasteiger partial charge in [0.15, 0.2) is 0 Å². The largest absolute Gasteiger partial charge is 0.435 e. The highest BCUT2D eigenvalue weighted by atomic mass is 16.5. The number of esters is 1. The molecule has 0 fully saturated rings. The Bertz CT molecular complexity index is 317. The summed E-state index contributed by atoms with van der Waals surface area (Å²) in [5.74, 6) is -0.276. The minimum absolute atomic E-state index is 0.0783. The molecule has 0 heterocycles. The summed E-state index contributed by atoms with van der Waals surface area (Å²) in [5, 5.41) is 0. The van der Waals surface area contributed by atoms with Crippen LogP contribution in [0.3, 0.4) is 0 Å². The maximum Gasteiger partial charge on any atom is 0.314 e. The van der Waals surface area contributed by atoms with E-state index in [0.717, 1.165) is 18.4 Å². The fraction of sp³-hybridized carbons (Fsp3) is 0.308. The van der Waals surface area contributed by atoms with Gasteiger partial charge in [0.1, 0.15) is 0 Å². The van der Waals surface area contributed by atoms with E-state index in [1.54, 1.807) is 0 Å². The average molecular weight is 204 g/mol. The predicted molar refractivity (Wildman–Crippen MR) is 60.2 cm³/mol. The number of carbonyl (C=O) groups is 1. The number of hydrogen-bond acceptors (Lipinski definition) is 2. The molecule has 0 radical (unpaired) electrons. The molecule has 0 spiro atoms. The van der Waals surface area contributed by atoms with E-state index < -0.39 is 0 Å². The first-order chi connectivity index (χ1) is 7.27. The van der Waals surface area contributed by atoms with E-state index in [2.05, 4.69) is 6.58 Å². The third kappa shape index (κ3) is 3.58. The van der Waals surface area contributed by atoms with Gasteiger partial charge >= 0.3 is 5.97 Å². The quantitative estimate of drug-likeness (QED) is 0.544. The van der Waals surface area contributed by atoms with Crippen LogP contribution >= 0.6 is 0 Å². The zero-order valence-electron chi connectivity index (χ0n) is 8.98. The monoisotopic (exact) mass is 204 g/mol. The molecule has 0 N–H and O–H groups in total. The molecule has 0 bridgehead atoms. The number of ether oxygens (including phenoxy) is 1. The third-order valence-electron chi connectivity index (χ3n) is 2.35. The van der Waals surface area contributed by atoms with Gasteiger partial charge in [-0.05, 0) is 18.4 Å². The van der Waals surface area contributed by atoms with Crippen molar-refractivity contribution in [3.05, 3.63) is 48.7 Å². The first-order valence-electron chi connectivity index (χ1n) is 5.13. The number of carbonyl (C=O) groups excluding carboxylic acids is 1. The number of rotatable bonds is 5.